The Labute approximate surface area is 198 Å². The van der Waals surface area contributed by atoms with Gasteiger partial charge in [0, 0.05) is 18.8 Å². The van der Waals surface area contributed by atoms with Crippen molar-refractivity contribution in [1.82, 2.24) is 19.4 Å². The lowest BCUT2D eigenvalue weighted by Crippen LogP contribution is -2.33. The van der Waals surface area contributed by atoms with E-state index >= 15 is 0 Å². The van der Waals surface area contributed by atoms with E-state index in [1.54, 1.807) is 26.0 Å². The molecule has 0 saturated heterocycles. The number of thiophene rings is 1. The molecule has 0 saturated carbocycles. The van der Waals surface area contributed by atoms with E-state index in [2.05, 4.69) is 15.5 Å². The summed E-state index contributed by atoms with van der Waals surface area (Å²) in [5.74, 6) is 0.715. The van der Waals surface area contributed by atoms with Gasteiger partial charge in [0.05, 0.1) is 22.9 Å². The molecule has 0 radical (unpaired) electrons. The molecular formula is C22H29N5O4S2. The second kappa shape index (κ2) is 11.5. The Hall–Kier alpha value is -2.60. The number of sulfonamides is 1. The van der Waals surface area contributed by atoms with Crippen molar-refractivity contribution < 1.29 is 17.6 Å². The molecule has 0 unspecified atom stereocenters. The zero-order valence-corrected chi connectivity index (χ0v) is 20.7. The third kappa shape index (κ3) is 6.47. The van der Waals surface area contributed by atoms with Gasteiger partial charge in [-0.15, -0.1) is 21.5 Å². The van der Waals surface area contributed by atoms with E-state index in [-0.39, 0.29) is 17.3 Å². The summed E-state index contributed by atoms with van der Waals surface area (Å²) in [6, 6.07) is 10.1. The lowest BCUT2D eigenvalue weighted by atomic mass is 10.3. The summed E-state index contributed by atoms with van der Waals surface area (Å²) < 4.78 is 32.4. The van der Waals surface area contributed by atoms with E-state index in [1.807, 2.05) is 29.3 Å². The maximum atomic E-state index is 12.6. The van der Waals surface area contributed by atoms with Crippen LogP contribution in [0.4, 0.5) is 5.69 Å². The fourth-order valence-electron chi connectivity index (χ4n) is 3.37. The molecule has 0 spiro atoms. The molecule has 33 heavy (non-hydrogen) atoms. The number of carbonyl (C=O) groups is 1. The second-order valence-corrected chi connectivity index (χ2v) is 10.2. The number of aromatic nitrogens is 2. The second-order valence-electron chi connectivity index (χ2n) is 7.35. The molecule has 0 bridgehead atoms. The molecule has 1 amide bonds. The average molecular weight is 492 g/mol. The number of anilines is 1. The van der Waals surface area contributed by atoms with Crippen LogP contribution in [-0.2, 0) is 21.4 Å². The summed E-state index contributed by atoms with van der Waals surface area (Å²) in [6.07, 6.45) is 0.858. The van der Waals surface area contributed by atoms with Crippen molar-refractivity contribution in [2.45, 2.75) is 38.6 Å². The first-order valence-electron chi connectivity index (χ1n) is 10.9. The topological polar surface area (TPSA) is 109 Å². The van der Waals surface area contributed by atoms with Crippen LogP contribution in [0, 0.1) is 0 Å². The Bertz CT molecular complexity index is 1120. The molecule has 0 aliphatic heterocycles. The van der Waals surface area contributed by atoms with E-state index in [9.17, 15) is 13.2 Å². The predicted octanol–water partition coefficient (Wildman–Crippen LogP) is 3.68. The fourth-order valence-corrected chi connectivity index (χ4v) is 5.47. The van der Waals surface area contributed by atoms with Gasteiger partial charge in [0.1, 0.15) is 0 Å². The van der Waals surface area contributed by atoms with Crippen LogP contribution in [0.15, 0.2) is 51.1 Å². The molecule has 9 nitrogen and oxygen atoms in total. The molecule has 0 fully saturated rings. The van der Waals surface area contributed by atoms with E-state index < -0.39 is 10.0 Å². The van der Waals surface area contributed by atoms with Crippen molar-refractivity contribution in [1.29, 1.82) is 0 Å². The number of nitrogens with zero attached hydrogens (tertiary/aromatic N) is 4. The molecule has 0 aliphatic rings. The van der Waals surface area contributed by atoms with Crippen LogP contribution in [0.2, 0.25) is 0 Å². The van der Waals surface area contributed by atoms with Gasteiger partial charge < -0.3 is 9.73 Å². The highest BCUT2D eigenvalue weighted by Crippen LogP contribution is 2.23. The third-order valence-corrected chi connectivity index (χ3v) is 7.87. The number of benzene rings is 1. The summed E-state index contributed by atoms with van der Waals surface area (Å²) in [4.78, 5) is 15.7. The van der Waals surface area contributed by atoms with Gasteiger partial charge in [-0.1, -0.05) is 26.8 Å². The lowest BCUT2D eigenvalue weighted by molar-refractivity contribution is -0.117. The van der Waals surface area contributed by atoms with Crippen LogP contribution in [0.5, 0.6) is 0 Å². The van der Waals surface area contributed by atoms with E-state index in [4.69, 9.17) is 4.42 Å². The SMILES string of the molecule is CCCN(CC(=O)Nc1ccc(S(=O)(=O)N(CC)CC)cc1)Cc1nnc(-c2cccs2)o1. The van der Waals surface area contributed by atoms with Gasteiger partial charge in [0.25, 0.3) is 5.89 Å². The van der Waals surface area contributed by atoms with Gasteiger partial charge in [-0.3, -0.25) is 9.69 Å². The highest BCUT2D eigenvalue weighted by molar-refractivity contribution is 7.89. The zero-order chi connectivity index (χ0) is 23.8. The molecule has 0 atom stereocenters. The van der Waals surface area contributed by atoms with Crippen molar-refractivity contribution in [3.05, 3.63) is 47.7 Å². The fraction of sp³-hybridized carbons (Fsp3) is 0.409. The van der Waals surface area contributed by atoms with E-state index in [0.29, 0.717) is 43.6 Å². The first-order valence-corrected chi connectivity index (χ1v) is 13.2. The van der Waals surface area contributed by atoms with Crippen LogP contribution >= 0.6 is 11.3 Å². The Morgan fingerprint density at radius 1 is 1.09 bits per heavy atom. The average Bonchev–Trinajstić information content (AvgIpc) is 3.47. The van der Waals surface area contributed by atoms with Crippen LogP contribution in [0.3, 0.4) is 0 Å². The number of hydrogen-bond acceptors (Lipinski definition) is 8. The van der Waals surface area contributed by atoms with Crippen molar-refractivity contribution in [2.24, 2.45) is 0 Å². The number of carbonyl (C=O) groups excluding carboxylic acids is 1. The predicted molar refractivity (Wildman–Crippen MR) is 128 cm³/mol. The minimum absolute atomic E-state index is 0.143. The smallest absolute Gasteiger partial charge is 0.257 e. The molecule has 3 rings (SSSR count). The van der Waals surface area contributed by atoms with Crippen molar-refractivity contribution >= 4 is 33.0 Å². The van der Waals surface area contributed by atoms with Crippen LogP contribution in [-0.4, -0.2) is 59.9 Å². The normalized spacial score (nSPS) is 11.9. The van der Waals surface area contributed by atoms with Crippen LogP contribution in [0.1, 0.15) is 33.1 Å². The molecule has 2 aromatic heterocycles. The number of rotatable bonds is 12. The zero-order valence-electron chi connectivity index (χ0n) is 19.0. The first-order chi connectivity index (χ1) is 15.9. The van der Waals surface area contributed by atoms with Gasteiger partial charge in [0.15, 0.2) is 0 Å². The molecule has 11 heteroatoms. The molecule has 3 aromatic rings. The quantitative estimate of drug-likeness (QED) is 0.412. The van der Waals surface area contributed by atoms with E-state index in [1.165, 1.54) is 27.8 Å². The monoisotopic (exact) mass is 491 g/mol. The molecule has 0 aliphatic carbocycles. The third-order valence-electron chi connectivity index (χ3n) is 4.95. The van der Waals surface area contributed by atoms with E-state index in [0.717, 1.165) is 11.3 Å². The molecule has 2 heterocycles. The minimum atomic E-state index is -3.53. The largest absolute Gasteiger partial charge is 0.419 e. The Balaban J connectivity index is 1.61. The maximum absolute atomic E-state index is 12.6. The van der Waals surface area contributed by atoms with Crippen molar-refractivity contribution in [3.63, 3.8) is 0 Å². The number of hydrogen-bond donors (Lipinski definition) is 1. The molecular weight excluding hydrogens is 462 g/mol. The van der Waals surface area contributed by atoms with Crippen LogP contribution < -0.4 is 5.32 Å². The molecule has 1 aromatic carbocycles. The van der Waals surface area contributed by atoms with Gasteiger partial charge in [-0.25, -0.2) is 8.42 Å². The maximum Gasteiger partial charge on any atom is 0.257 e. The van der Waals surface area contributed by atoms with Crippen molar-refractivity contribution in [3.8, 4) is 10.8 Å². The van der Waals surface area contributed by atoms with Crippen LogP contribution in [0.25, 0.3) is 10.8 Å². The summed E-state index contributed by atoms with van der Waals surface area (Å²) in [6.45, 7) is 7.63. The minimum Gasteiger partial charge on any atom is -0.419 e. The first kappa shape index (κ1) is 25.0. The highest BCUT2D eigenvalue weighted by atomic mass is 32.2. The van der Waals surface area contributed by atoms with Gasteiger partial charge in [-0.05, 0) is 48.7 Å². The molecule has 1 N–H and O–H groups in total. The van der Waals surface area contributed by atoms with Gasteiger partial charge in [-0.2, -0.15) is 4.31 Å². The summed E-state index contributed by atoms with van der Waals surface area (Å²) in [5.41, 5.74) is 0.535. The Morgan fingerprint density at radius 2 is 1.82 bits per heavy atom. The van der Waals surface area contributed by atoms with Gasteiger partial charge in [0.2, 0.25) is 21.8 Å². The lowest BCUT2D eigenvalue weighted by Gasteiger charge is -2.20. The van der Waals surface area contributed by atoms with Crippen molar-refractivity contribution in [2.75, 3.05) is 31.5 Å². The Kier molecular flexibility index (Phi) is 8.73. The Morgan fingerprint density at radius 3 is 2.42 bits per heavy atom. The highest BCUT2D eigenvalue weighted by Gasteiger charge is 2.21. The summed E-state index contributed by atoms with van der Waals surface area (Å²) in [5, 5.41) is 13.0. The summed E-state index contributed by atoms with van der Waals surface area (Å²) in [7, 11) is -3.53. The number of amides is 1. The standard InChI is InChI=1S/C22H29N5O4S2/c1-4-13-26(16-21-24-25-22(31-21)19-8-7-14-32-19)15-20(28)23-17-9-11-18(12-10-17)33(29,30)27(5-2)6-3/h7-12,14H,4-6,13,15-16H2,1-3H3,(H,23,28). The molecule has 178 valence electrons. The van der Waals surface area contributed by atoms with Gasteiger partial charge >= 0.3 is 0 Å². The number of nitrogens with one attached hydrogen (secondary N) is 1. The summed E-state index contributed by atoms with van der Waals surface area (Å²) >= 11 is 1.52.